The minimum Gasteiger partial charge on any atom is -0.493 e. The van der Waals surface area contributed by atoms with Gasteiger partial charge >= 0.3 is 0 Å². The van der Waals surface area contributed by atoms with Gasteiger partial charge < -0.3 is 24.8 Å². The highest BCUT2D eigenvalue weighted by Crippen LogP contribution is 2.46. The SMILES string of the molecule is CCCNC(=O)c1ccc(OC)c(OCCCOC)c1[C@@H]1CNCC[C@H]1c1cccc(-c2ccccc2)c1. The Morgan fingerprint density at radius 2 is 1.79 bits per heavy atom. The average Bonchev–Trinajstić information content (AvgIpc) is 2.98. The van der Waals surface area contributed by atoms with E-state index in [1.54, 1.807) is 14.2 Å². The maximum absolute atomic E-state index is 13.4. The van der Waals surface area contributed by atoms with Crippen molar-refractivity contribution in [3.8, 4) is 22.6 Å². The Morgan fingerprint density at radius 1 is 0.974 bits per heavy atom. The molecule has 3 aromatic carbocycles. The standard InChI is InChI=1S/C32H40N2O4/c1-4-17-34-32(35)27-14-15-29(37-3)31(38-20-9-19-36-2)30(27)28-22-33-18-16-26(28)25-13-8-12-24(21-25)23-10-6-5-7-11-23/h5-8,10-15,21,26,28,33H,4,9,16-20,22H2,1-3H3,(H,34,35)/t26-,28+/m0/s1. The van der Waals surface area contributed by atoms with E-state index in [0.717, 1.165) is 37.9 Å². The lowest BCUT2D eigenvalue weighted by Crippen LogP contribution is -2.36. The summed E-state index contributed by atoms with van der Waals surface area (Å²) in [4.78, 5) is 13.4. The Labute approximate surface area is 226 Å². The summed E-state index contributed by atoms with van der Waals surface area (Å²) >= 11 is 0. The van der Waals surface area contributed by atoms with Crippen molar-refractivity contribution in [1.82, 2.24) is 10.6 Å². The first-order valence-electron chi connectivity index (χ1n) is 13.6. The van der Waals surface area contributed by atoms with Crippen LogP contribution in [-0.4, -0.2) is 53.0 Å². The van der Waals surface area contributed by atoms with Gasteiger partial charge in [0.05, 0.1) is 13.7 Å². The van der Waals surface area contributed by atoms with Crippen LogP contribution >= 0.6 is 0 Å². The molecule has 1 amide bonds. The van der Waals surface area contributed by atoms with E-state index in [1.807, 2.05) is 18.2 Å². The van der Waals surface area contributed by atoms with Gasteiger partial charge in [-0.1, -0.05) is 61.5 Å². The van der Waals surface area contributed by atoms with Gasteiger partial charge in [0, 0.05) is 50.3 Å². The second-order valence-corrected chi connectivity index (χ2v) is 9.71. The predicted molar refractivity (Wildman–Crippen MR) is 152 cm³/mol. The van der Waals surface area contributed by atoms with Crippen LogP contribution in [0.1, 0.15) is 59.5 Å². The molecule has 1 heterocycles. The third-order valence-electron chi connectivity index (χ3n) is 7.17. The largest absolute Gasteiger partial charge is 0.493 e. The first-order chi connectivity index (χ1) is 18.7. The Kier molecular flexibility index (Phi) is 10.2. The van der Waals surface area contributed by atoms with Crippen LogP contribution in [0, 0.1) is 0 Å². The van der Waals surface area contributed by atoms with E-state index in [9.17, 15) is 4.79 Å². The number of carbonyl (C=O) groups excluding carboxylic acids is 1. The van der Waals surface area contributed by atoms with E-state index in [1.165, 1.54) is 16.7 Å². The number of benzene rings is 3. The van der Waals surface area contributed by atoms with Gasteiger partial charge in [0.25, 0.3) is 5.91 Å². The van der Waals surface area contributed by atoms with E-state index < -0.39 is 0 Å². The van der Waals surface area contributed by atoms with Crippen molar-refractivity contribution >= 4 is 5.91 Å². The van der Waals surface area contributed by atoms with E-state index in [0.29, 0.717) is 36.8 Å². The third-order valence-corrected chi connectivity index (χ3v) is 7.17. The van der Waals surface area contributed by atoms with Crippen molar-refractivity contribution in [2.24, 2.45) is 0 Å². The zero-order valence-corrected chi connectivity index (χ0v) is 22.8. The number of rotatable bonds is 12. The molecule has 1 aliphatic rings. The van der Waals surface area contributed by atoms with Crippen molar-refractivity contribution in [3.63, 3.8) is 0 Å². The first-order valence-corrected chi connectivity index (χ1v) is 13.6. The summed E-state index contributed by atoms with van der Waals surface area (Å²) in [5, 5.41) is 6.66. The topological polar surface area (TPSA) is 68.8 Å². The molecule has 38 heavy (non-hydrogen) atoms. The molecule has 1 aliphatic heterocycles. The van der Waals surface area contributed by atoms with Crippen molar-refractivity contribution < 1.29 is 19.0 Å². The maximum Gasteiger partial charge on any atom is 0.251 e. The summed E-state index contributed by atoms with van der Waals surface area (Å²) in [6.07, 6.45) is 2.58. The zero-order chi connectivity index (χ0) is 26.7. The molecular weight excluding hydrogens is 476 g/mol. The number of nitrogens with one attached hydrogen (secondary N) is 2. The minimum atomic E-state index is -0.0754. The van der Waals surface area contributed by atoms with Gasteiger partial charge in [-0.3, -0.25) is 4.79 Å². The van der Waals surface area contributed by atoms with Gasteiger partial charge in [0.1, 0.15) is 0 Å². The minimum absolute atomic E-state index is 0.0321. The smallest absolute Gasteiger partial charge is 0.251 e. The molecule has 6 nitrogen and oxygen atoms in total. The van der Waals surface area contributed by atoms with Crippen molar-refractivity contribution in [2.75, 3.05) is 47.1 Å². The molecule has 1 fully saturated rings. The third kappa shape index (κ3) is 6.55. The van der Waals surface area contributed by atoms with Gasteiger partial charge in [-0.25, -0.2) is 0 Å². The molecule has 0 bridgehead atoms. The van der Waals surface area contributed by atoms with Gasteiger partial charge in [-0.05, 0) is 54.1 Å². The Hall–Kier alpha value is -3.35. The average molecular weight is 517 g/mol. The number of methoxy groups -OCH3 is 2. The number of amides is 1. The fourth-order valence-corrected chi connectivity index (χ4v) is 5.31. The molecule has 3 aromatic rings. The van der Waals surface area contributed by atoms with Gasteiger partial charge in [-0.15, -0.1) is 0 Å². The van der Waals surface area contributed by atoms with Gasteiger partial charge in [0.15, 0.2) is 11.5 Å². The maximum atomic E-state index is 13.4. The van der Waals surface area contributed by atoms with Crippen LogP contribution in [0.25, 0.3) is 11.1 Å². The molecule has 2 atom stereocenters. The fourth-order valence-electron chi connectivity index (χ4n) is 5.31. The predicted octanol–water partition coefficient (Wildman–Crippen LogP) is 5.78. The van der Waals surface area contributed by atoms with Crippen LogP contribution in [0.4, 0.5) is 0 Å². The molecule has 6 heteroatoms. The van der Waals surface area contributed by atoms with Gasteiger partial charge in [-0.2, -0.15) is 0 Å². The highest BCUT2D eigenvalue weighted by Gasteiger charge is 2.34. The first kappa shape index (κ1) is 27.7. The number of hydrogen-bond donors (Lipinski definition) is 2. The van der Waals surface area contributed by atoms with E-state index >= 15 is 0 Å². The van der Waals surface area contributed by atoms with E-state index in [2.05, 4.69) is 66.1 Å². The van der Waals surface area contributed by atoms with Crippen LogP contribution in [0.2, 0.25) is 0 Å². The van der Waals surface area contributed by atoms with Crippen molar-refractivity contribution in [2.45, 2.75) is 38.0 Å². The molecular formula is C32H40N2O4. The van der Waals surface area contributed by atoms with Crippen molar-refractivity contribution in [3.05, 3.63) is 83.4 Å². The Balaban J connectivity index is 1.79. The number of carbonyl (C=O) groups is 1. The summed E-state index contributed by atoms with van der Waals surface area (Å²) in [6.45, 7) is 5.43. The van der Waals surface area contributed by atoms with Crippen LogP contribution in [-0.2, 0) is 4.74 Å². The van der Waals surface area contributed by atoms with E-state index in [-0.39, 0.29) is 17.7 Å². The summed E-state index contributed by atoms with van der Waals surface area (Å²) in [5.74, 6) is 1.47. The Morgan fingerprint density at radius 3 is 2.55 bits per heavy atom. The monoisotopic (exact) mass is 516 g/mol. The van der Waals surface area contributed by atoms with E-state index in [4.69, 9.17) is 14.2 Å². The van der Waals surface area contributed by atoms with Gasteiger partial charge in [0.2, 0.25) is 0 Å². The number of ether oxygens (including phenoxy) is 3. The summed E-state index contributed by atoms with van der Waals surface area (Å²) < 4.78 is 17.4. The lowest BCUT2D eigenvalue weighted by Gasteiger charge is -2.35. The van der Waals surface area contributed by atoms with Crippen LogP contribution in [0.15, 0.2) is 66.7 Å². The van der Waals surface area contributed by atoms with Crippen molar-refractivity contribution in [1.29, 1.82) is 0 Å². The molecule has 0 unspecified atom stereocenters. The molecule has 0 aromatic heterocycles. The van der Waals surface area contributed by atoms with Crippen LogP contribution in [0.5, 0.6) is 11.5 Å². The fraction of sp³-hybridized carbons (Fsp3) is 0.406. The lowest BCUT2D eigenvalue weighted by atomic mass is 9.75. The summed E-state index contributed by atoms with van der Waals surface area (Å²) in [6, 6.07) is 23.0. The lowest BCUT2D eigenvalue weighted by molar-refractivity contribution is 0.0950. The summed E-state index contributed by atoms with van der Waals surface area (Å²) in [7, 11) is 3.34. The molecule has 0 saturated carbocycles. The molecule has 0 radical (unpaired) electrons. The molecule has 0 aliphatic carbocycles. The quantitative estimate of drug-likeness (QED) is 0.299. The molecule has 1 saturated heterocycles. The molecule has 4 rings (SSSR count). The van der Waals surface area contributed by atoms with Crippen LogP contribution in [0.3, 0.4) is 0 Å². The van der Waals surface area contributed by atoms with Crippen LogP contribution < -0.4 is 20.1 Å². The molecule has 0 spiro atoms. The number of piperidine rings is 1. The second kappa shape index (κ2) is 14.0. The highest BCUT2D eigenvalue weighted by atomic mass is 16.5. The molecule has 202 valence electrons. The Bertz CT molecular complexity index is 1180. The zero-order valence-electron chi connectivity index (χ0n) is 22.8. The molecule has 2 N–H and O–H groups in total. The normalized spacial score (nSPS) is 17.1. The highest BCUT2D eigenvalue weighted by molar-refractivity contribution is 5.97. The number of hydrogen-bond acceptors (Lipinski definition) is 5. The summed E-state index contributed by atoms with van der Waals surface area (Å²) in [5.41, 5.74) is 5.23. The second-order valence-electron chi connectivity index (χ2n) is 9.71.